The molecule has 1 aliphatic carbocycles. The first-order valence-electron chi connectivity index (χ1n) is 11.4. The lowest BCUT2D eigenvalue weighted by Crippen LogP contribution is -2.42. The van der Waals surface area contributed by atoms with E-state index in [-0.39, 0.29) is 11.9 Å². The number of carbonyl (C=O) groups excluding carboxylic acids is 1. The Bertz CT molecular complexity index is 1130. The summed E-state index contributed by atoms with van der Waals surface area (Å²) in [4.78, 5) is 21.2. The van der Waals surface area contributed by atoms with Crippen molar-refractivity contribution in [2.24, 2.45) is 5.92 Å². The molecule has 3 heterocycles. The number of nitrogens with zero attached hydrogens (tertiary/aromatic N) is 1. The number of fused-ring (bicyclic) bond motifs is 1. The van der Waals surface area contributed by atoms with Crippen molar-refractivity contribution >= 4 is 16.9 Å². The van der Waals surface area contributed by atoms with Crippen LogP contribution in [0.2, 0.25) is 0 Å². The Kier molecular flexibility index (Phi) is 5.74. The number of pyridine rings is 1. The molecule has 2 aliphatic rings. The topological polar surface area (TPSA) is 88.3 Å². The van der Waals surface area contributed by atoms with Gasteiger partial charge in [-0.15, -0.1) is 0 Å². The number of piperidine rings is 1. The van der Waals surface area contributed by atoms with Crippen LogP contribution in [0.1, 0.15) is 41.7 Å². The summed E-state index contributed by atoms with van der Waals surface area (Å²) >= 11 is 0. The second-order valence-electron chi connectivity index (χ2n) is 8.82. The third-order valence-corrected chi connectivity index (χ3v) is 6.43. The van der Waals surface area contributed by atoms with Gasteiger partial charge >= 0.3 is 0 Å². The molecule has 3 N–H and O–H groups in total. The molecule has 2 aromatic heterocycles. The van der Waals surface area contributed by atoms with E-state index in [9.17, 15) is 4.79 Å². The molecule has 3 aromatic rings. The van der Waals surface area contributed by atoms with Gasteiger partial charge in [0.2, 0.25) is 0 Å². The van der Waals surface area contributed by atoms with Crippen LogP contribution in [0.25, 0.3) is 22.2 Å². The molecule has 1 amide bonds. The summed E-state index contributed by atoms with van der Waals surface area (Å²) in [5.41, 5.74) is 4.83. The van der Waals surface area contributed by atoms with Crippen molar-refractivity contribution in [3.05, 3.63) is 41.7 Å². The van der Waals surface area contributed by atoms with Crippen molar-refractivity contribution in [3.63, 3.8) is 0 Å². The Morgan fingerprint density at radius 2 is 1.97 bits per heavy atom. The number of H-pyrrole nitrogens is 1. The van der Waals surface area contributed by atoms with E-state index in [1.807, 2.05) is 31.2 Å². The zero-order valence-corrected chi connectivity index (χ0v) is 18.7. The van der Waals surface area contributed by atoms with Crippen LogP contribution in [-0.4, -0.2) is 48.7 Å². The highest BCUT2D eigenvalue weighted by molar-refractivity contribution is 6.09. The van der Waals surface area contributed by atoms with Crippen LogP contribution < -0.4 is 20.1 Å². The van der Waals surface area contributed by atoms with E-state index < -0.39 is 0 Å². The number of aromatic nitrogens is 2. The van der Waals surface area contributed by atoms with E-state index in [2.05, 4.69) is 20.6 Å². The van der Waals surface area contributed by atoms with Gasteiger partial charge in [-0.05, 0) is 75.9 Å². The minimum atomic E-state index is -0.0684. The van der Waals surface area contributed by atoms with E-state index in [1.54, 1.807) is 13.3 Å². The number of hydrogen-bond acceptors (Lipinski definition) is 5. The molecule has 1 aromatic carbocycles. The van der Waals surface area contributed by atoms with Crippen LogP contribution in [-0.2, 0) is 0 Å². The first kappa shape index (κ1) is 20.8. The zero-order valence-electron chi connectivity index (χ0n) is 18.7. The molecule has 0 bridgehead atoms. The highest BCUT2D eigenvalue weighted by Crippen LogP contribution is 2.39. The van der Waals surface area contributed by atoms with Gasteiger partial charge in [-0.2, -0.15) is 0 Å². The molecule has 1 saturated carbocycles. The summed E-state index contributed by atoms with van der Waals surface area (Å²) < 4.78 is 11.7. The lowest BCUT2D eigenvalue weighted by Gasteiger charge is -2.23. The second-order valence-corrected chi connectivity index (χ2v) is 8.82. The van der Waals surface area contributed by atoms with Gasteiger partial charge in [-0.25, -0.2) is 0 Å². The van der Waals surface area contributed by atoms with Gasteiger partial charge in [0.15, 0.2) is 0 Å². The van der Waals surface area contributed by atoms with Gasteiger partial charge in [0, 0.05) is 29.1 Å². The first-order chi connectivity index (χ1) is 15.6. The number of benzene rings is 1. The van der Waals surface area contributed by atoms with Gasteiger partial charge in [-0.1, -0.05) is 0 Å². The molecule has 0 unspecified atom stereocenters. The van der Waals surface area contributed by atoms with E-state index in [0.29, 0.717) is 17.0 Å². The third-order valence-electron chi connectivity index (χ3n) is 6.43. The molecule has 2 fully saturated rings. The molecule has 168 valence electrons. The molecular formula is C25H30N4O3. The molecule has 0 spiro atoms. The summed E-state index contributed by atoms with van der Waals surface area (Å²) in [6.07, 6.45) is 6.11. The van der Waals surface area contributed by atoms with Crippen molar-refractivity contribution in [1.29, 1.82) is 0 Å². The van der Waals surface area contributed by atoms with Crippen LogP contribution in [0.4, 0.5) is 0 Å². The highest BCUT2D eigenvalue weighted by atomic mass is 16.5. The second kappa shape index (κ2) is 8.82. The summed E-state index contributed by atoms with van der Waals surface area (Å²) in [7, 11) is 1.66. The maximum Gasteiger partial charge on any atom is 0.255 e. The Balaban J connectivity index is 1.53. The average Bonchev–Trinajstić information content (AvgIpc) is 3.58. The van der Waals surface area contributed by atoms with Gasteiger partial charge in [-0.3, -0.25) is 9.78 Å². The van der Waals surface area contributed by atoms with Crippen LogP contribution in [0, 0.1) is 12.8 Å². The molecule has 0 radical (unpaired) electrons. The molecule has 5 rings (SSSR count). The fourth-order valence-corrected chi connectivity index (χ4v) is 4.40. The first-order valence-corrected chi connectivity index (χ1v) is 11.4. The fourth-order valence-electron chi connectivity index (χ4n) is 4.40. The summed E-state index contributed by atoms with van der Waals surface area (Å²) in [5.74, 6) is 2.16. The number of carbonyl (C=O) groups is 1. The minimum Gasteiger partial charge on any atom is -0.497 e. The Morgan fingerprint density at radius 1 is 1.16 bits per heavy atom. The Hall–Kier alpha value is -3.06. The monoisotopic (exact) mass is 434 g/mol. The largest absolute Gasteiger partial charge is 0.497 e. The van der Waals surface area contributed by atoms with Crippen LogP contribution in [0.5, 0.6) is 11.5 Å². The highest BCUT2D eigenvalue weighted by Gasteiger charge is 2.25. The van der Waals surface area contributed by atoms with E-state index in [0.717, 1.165) is 66.4 Å². The lowest BCUT2D eigenvalue weighted by molar-refractivity contribution is 0.0930. The summed E-state index contributed by atoms with van der Waals surface area (Å²) in [5, 5.41) is 6.53. The normalized spacial score (nSPS) is 16.8. The van der Waals surface area contributed by atoms with Gasteiger partial charge in [0.25, 0.3) is 5.91 Å². The molecule has 0 atom stereocenters. The zero-order chi connectivity index (χ0) is 22.1. The third kappa shape index (κ3) is 4.17. The number of aryl methyl sites for hydroxylation is 1. The number of methoxy groups -OCH3 is 1. The van der Waals surface area contributed by atoms with Crippen LogP contribution >= 0.6 is 0 Å². The van der Waals surface area contributed by atoms with Crippen molar-refractivity contribution in [2.75, 3.05) is 26.8 Å². The van der Waals surface area contributed by atoms with Crippen molar-refractivity contribution in [1.82, 2.24) is 20.6 Å². The maximum atomic E-state index is 13.2. The molecule has 7 nitrogen and oxygen atoms in total. The van der Waals surface area contributed by atoms with Crippen molar-refractivity contribution < 1.29 is 14.3 Å². The predicted octanol–water partition coefficient (Wildman–Crippen LogP) is 3.82. The molecule has 7 heteroatoms. The fraction of sp³-hybridized carbons (Fsp3) is 0.440. The minimum absolute atomic E-state index is 0.0684. The standard InChI is InChI=1S/C25H30N4O3/c1-15-22(25(30)29-17-7-10-26-11-8-17)24-23(28-15)19(9-12-27-24)20-13-18(31-2)5-6-21(20)32-14-16-3-4-16/h5-6,9,12-13,16-17,26,28H,3-4,7-8,10-11,14H2,1-2H3,(H,29,30). The predicted molar refractivity (Wildman–Crippen MR) is 124 cm³/mol. The molecule has 1 saturated heterocycles. The van der Waals surface area contributed by atoms with E-state index in [4.69, 9.17) is 9.47 Å². The van der Waals surface area contributed by atoms with E-state index >= 15 is 0 Å². The maximum absolute atomic E-state index is 13.2. The number of hydrogen-bond donors (Lipinski definition) is 3. The van der Waals surface area contributed by atoms with Crippen LogP contribution in [0.3, 0.4) is 0 Å². The molecular weight excluding hydrogens is 404 g/mol. The van der Waals surface area contributed by atoms with Crippen molar-refractivity contribution in [2.45, 2.75) is 38.6 Å². The number of nitrogens with one attached hydrogen (secondary N) is 3. The van der Waals surface area contributed by atoms with Crippen molar-refractivity contribution in [3.8, 4) is 22.6 Å². The van der Waals surface area contributed by atoms with Crippen LogP contribution in [0.15, 0.2) is 30.5 Å². The average molecular weight is 435 g/mol. The van der Waals surface area contributed by atoms with Gasteiger partial charge in [0.1, 0.15) is 17.0 Å². The molecule has 1 aliphatic heterocycles. The number of ether oxygens (including phenoxy) is 2. The lowest BCUT2D eigenvalue weighted by atomic mass is 10.0. The summed E-state index contributed by atoms with van der Waals surface area (Å²) in [6.45, 7) is 4.51. The number of amides is 1. The number of aromatic amines is 1. The SMILES string of the molecule is COc1ccc(OCC2CC2)c(-c2ccnc3c(C(=O)NC4CCNCC4)c(C)[nH]c23)c1. The van der Waals surface area contributed by atoms with Gasteiger partial charge < -0.3 is 25.1 Å². The Morgan fingerprint density at radius 3 is 2.72 bits per heavy atom. The Labute approximate surface area is 187 Å². The molecule has 32 heavy (non-hydrogen) atoms. The van der Waals surface area contributed by atoms with E-state index in [1.165, 1.54) is 12.8 Å². The quantitative estimate of drug-likeness (QED) is 0.526. The number of rotatable bonds is 7. The summed E-state index contributed by atoms with van der Waals surface area (Å²) in [6, 6.07) is 8.02. The van der Waals surface area contributed by atoms with Gasteiger partial charge in [0.05, 0.1) is 24.8 Å². The smallest absolute Gasteiger partial charge is 0.255 e.